The third kappa shape index (κ3) is 4.47. The Morgan fingerprint density at radius 1 is 0.872 bits per heavy atom. The SMILES string of the molecule is CC(=O)O[C@H]1CC[C@]2(C)[C@H]3CC[C@@H]4C5=C(C(C)C)C(=O)C6(CO6)[C@]5(C(=O)OCOC(=O)C(C)(C)C)CC[C@@]4(C)[C@]3(C)CC[C@H]2C1(C)C. The highest BCUT2D eigenvalue weighted by Crippen LogP contribution is 2.78. The summed E-state index contributed by atoms with van der Waals surface area (Å²) in [5.74, 6) is -0.317. The van der Waals surface area contributed by atoms with Crippen LogP contribution in [0.25, 0.3) is 0 Å². The van der Waals surface area contributed by atoms with Crippen LogP contribution in [-0.4, -0.2) is 48.8 Å². The van der Waals surface area contributed by atoms with Crippen molar-refractivity contribution in [3.8, 4) is 0 Å². The molecule has 0 radical (unpaired) electrons. The molecule has 5 fully saturated rings. The normalized spacial score (nSPS) is 43.4. The summed E-state index contributed by atoms with van der Waals surface area (Å²) in [5.41, 5.74) is -1.61. The number of carbonyl (C=O) groups excluding carboxylic acids is 4. The number of epoxide rings is 1. The average molecular weight is 655 g/mol. The second-order valence-corrected chi connectivity index (χ2v) is 18.6. The van der Waals surface area contributed by atoms with Gasteiger partial charge in [0.05, 0.1) is 12.0 Å². The van der Waals surface area contributed by atoms with Crippen LogP contribution in [-0.2, 0) is 38.1 Å². The fourth-order valence-electron chi connectivity index (χ4n) is 12.4. The molecule has 0 bridgehead atoms. The molecule has 0 amide bonds. The molecule has 8 heteroatoms. The Morgan fingerprint density at radius 3 is 2.11 bits per heavy atom. The van der Waals surface area contributed by atoms with Crippen molar-refractivity contribution in [3.05, 3.63) is 11.1 Å². The third-order valence-electron chi connectivity index (χ3n) is 14.9. The van der Waals surface area contributed by atoms with Crippen molar-refractivity contribution < 1.29 is 38.1 Å². The summed E-state index contributed by atoms with van der Waals surface area (Å²) in [4.78, 5) is 53.3. The van der Waals surface area contributed by atoms with E-state index in [4.69, 9.17) is 18.9 Å². The van der Waals surface area contributed by atoms with E-state index in [-0.39, 0.29) is 58.0 Å². The molecule has 0 aromatic heterocycles. The van der Waals surface area contributed by atoms with E-state index in [9.17, 15) is 19.2 Å². The zero-order valence-electron chi connectivity index (χ0n) is 30.7. The van der Waals surface area contributed by atoms with Crippen LogP contribution in [0.15, 0.2) is 11.1 Å². The second-order valence-electron chi connectivity index (χ2n) is 18.6. The number of hydrogen-bond donors (Lipinski definition) is 0. The summed E-state index contributed by atoms with van der Waals surface area (Å²) in [6.45, 7) is 22.7. The number of carbonyl (C=O) groups is 4. The predicted octanol–water partition coefficient (Wildman–Crippen LogP) is 7.37. The van der Waals surface area contributed by atoms with Crippen LogP contribution in [0.4, 0.5) is 0 Å². The molecule has 1 spiro atoms. The minimum Gasteiger partial charge on any atom is -0.462 e. The van der Waals surface area contributed by atoms with E-state index in [0.717, 1.165) is 56.1 Å². The molecule has 8 nitrogen and oxygen atoms in total. The van der Waals surface area contributed by atoms with E-state index in [0.29, 0.717) is 18.3 Å². The molecule has 6 rings (SSSR count). The summed E-state index contributed by atoms with van der Waals surface area (Å²) < 4.78 is 23.2. The van der Waals surface area contributed by atoms with Crippen LogP contribution >= 0.6 is 0 Å². The first kappa shape index (κ1) is 34.6. The van der Waals surface area contributed by atoms with Crippen LogP contribution < -0.4 is 0 Å². The van der Waals surface area contributed by atoms with Gasteiger partial charge in [-0.25, -0.2) is 0 Å². The largest absolute Gasteiger partial charge is 0.462 e. The Hall–Kier alpha value is -2.22. The number of hydrogen-bond acceptors (Lipinski definition) is 8. The van der Waals surface area contributed by atoms with E-state index in [1.54, 1.807) is 20.8 Å². The quantitative estimate of drug-likeness (QED) is 0.172. The first-order valence-electron chi connectivity index (χ1n) is 18.1. The number of ketones is 1. The lowest BCUT2D eigenvalue weighted by Gasteiger charge is -2.72. The molecule has 1 aliphatic heterocycles. The molecule has 5 aliphatic carbocycles. The highest BCUT2D eigenvalue weighted by atomic mass is 16.7. The van der Waals surface area contributed by atoms with E-state index >= 15 is 0 Å². The van der Waals surface area contributed by atoms with Gasteiger partial charge in [-0.2, -0.15) is 0 Å². The average Bonchev–Trinajstić information content (AvgIpc) is 3.73. The van der Waals surface area contributed by atoms with Gasteiger partial charge in [0, 0.05) is 17.9 Å². The van der Waals surface area contributed by atoms with E-state index < -0.39 is 35.2 Å². The Labute approximate surface area is 281 Å². The van der Waals surface area contributed by atoms with Gasteiger partial charge in [-0.1, -0.05) is 48.5 Å². The van der Waals surface area contributed by atoms with E-state index in [2.05, 4.69) is 48.5 Å². The van der Waals surface area contributed by atoms with Gasteiger partial charge in [-0.15, -0.1) is 0 Å². The molecule has 1 saturated heterocycles. The van der Waals surface area contributed by atoms with Crippen molar-refractivity contribution in [2.24, 2.45) is 56.2 Å². The molecular formula is C39H58O8. The van der Waals surface area contributed by atoms with Crippen LogP contribution in [0.2, 0.25) is 0 Å². The van der Waals surface area contributed by atoms with Gasteiger partial charge in [0.2, 0.25) is 6.79 Å². The minimum absolute atomic E-state index is 0.0118. The number of esters is 3. The van der Waals surface area contributed by atoms with Crippen LogP contribution in [0.1, 0.15) is 128 Å². The Bertz CT molecular complexity index is 1410. The maximum atomic E-state index is 14.4. The summed E-state index contributed by atoms with van der Waals surface area (Å²) in [5, 5.41) is 0. The lowest BCUT2D eigenvalue weighted by Crippen LogP contribution is -2.66. The highest BCUT2D eigenvalue weighted by molar-refractivity contribution is 6.14. The number of rotatable bonds is 5. The minimum atomic E-state index is -1.21. The topological polar surface area (TPSA) is 108 Å². The molecule has 6 aliphatic rings. The second kappa shape index (κ2) is 10.6. The lowest BCUT2D eigenvalue weighted by molar-refractivity contribution is -0.234. The fourth-order valence-corrected chi connectivity index (χ4v) is 12.4. The molecular weight excluding hydrogens is 596 g/mol. The Kier molecular flexibility index (Phi) is 7.84. The van der Waals surface area contributed by atoms with E-state index in [1.165, 1.54) is 6.92 Å². The van der Waals surface area contributed by atoms with Crippen LogP contribution in [0, 0.1) is 56.2 Å². The standard InChI is InChI=1S/C39H58O8/c1-22(2)28-29-24-12-13-26-35(9)16-15-27(47-23(3)40)34(7,8)25(35)14-17-37(26,11)36(24,10)18-19-38(29,39(20-46-39)30(28)41)32(43)45-21-44-31(42)33(4,5)6/h22,24-27H,12-21H2,1-11H3/t24-,25+,26-,27+,35+,36-,37-,38-,39?/m1/s1. The maximum Gasteiger partial charge on any atom is 0.322 e. The van der Waals surface area contributed by atoms with Crippen LogP contribution in [0.3, 0.4) is 0 Å². The Balaban J connectivity index is 1.37. The summed E-state index contributed by atoms with van der Waals surface area (Å²) in [7, 11) is 0. The molecule has 0 aromatic rings. The summed E-state index contributed by atoms with van der Waals surface area (Å²) in [6.07, 6.45) is 7.12. The van der Waals surface area contributed by atoms with Gasteiger partial charge in [0.25, 0.3) is 0 Å². The predicted molar refractivity (Wildman–Crippen MR) is 176 cm³/mol. The maximum absolute atomic E-state index is 14.4. The van der Waals surface area contributed by atoms with Gasteiger partial charge in [-0.3, -0.25) is 19.2 Å². The van der Waals surface area contributed by atoms with Crippen LogP contribution in [0.5, 0.6) is 0 Å². The van der Waals surface area contributed by atoms with Crippen molar-refractivity contribution in [1.82, 2.24) is 0 Å². The number of fused-ring (bicyclic) bond motifs is 8. The molecule has 47 heavy (non-hydrogen) atoms. The lowest BCUT2D eigenvalue weighted by atomic mass is 9.33. The van der Waals surface area contributed by atoms with Crippen molar-refractivity contribution >= 4 is 23.7 Å². The summed E-state index contributed by atoms with van der Waals surface area (Å²) >= 11 is 0. The van der Waals surface area contributed by atoms with Gasteiger partial charge in [0.15, 0.2) is 11.4 Å². The fraction of sp³-hybridized carbons (Fsp3) is 0.846. The molecule has 1 heterocycles. The molecule has 262 valence electrons. The van der Waals surface area contributed by atoms with Gasteiger partial charge in [-0.05, 0) is 118 Å². The van der Waals surface area contributed by atoms with Gasteiger partial charge < -0.3 is 18.9 Å². The number of Topliss-reactive ketones (excluding diaryl/α,β-unsaturated/α-hetero) is 1. The molecule has 0 N–H and O–H groups in total. The third-order valence-corrected chi connectivity index (χ3v) is 14.9. The number of ether oxygens (including phenoxy) is 4. The molecule has 4 saturated carbocycles. The van der Waals surface area contributed by atoms with Gasteiger partial charge >= 0.3 is 17.9 Å². The zero-order valence-corrected chi connectivity index (χ0v) is 30.7. The Morgan fingerprint density at radius 2 is 1.53 bits per heavy atom. The van der Waals surface area contributed by atoms with Crippen molar-refractivity contribution in [2.45, 2.75) is 139 Å². The first-order chi connectivity index (χ1) is 21.6. The highest BCUT2D eigenvalue weighted by Gasteiger charge is 2.81. The van der Waals surface area contributed by atoms with Crippen molar-refractivity contribution in [2.75, 3.05) is 13.4 Å². The molecule has 9 atom stereocenters. The van der Waals surface area contributed by atoms with Gasteiger partial charge in [0.1, 0.15) is 11.5 Å². The van der Waals surface area contributed by atoms with E-state index in [1.807, 2.05) is 0 Å². The zero-order chi connectivity index (χ0) is 34.8. The monoisotopic (exact) mass is 654 g/mol. The van der Waals surface area contributed by atoms with Crippen molar-refractivity contribution in [3.63, 3.8) is 0 Å². The summed E-state index contributed by atoms with van der Waals surface area (Å²) in [6, 6.07) is 0. The molecule has 0 aromatic carbocycles. The first-order valence-corrected chi connectivity index (χ1v) is 18.1. The smallest absolute Gasteiger partial charge is 0.322 e. The molecule has 1 unspecified atom stereocenters. The van der Waals surface area contributed by atoms with Crippen molar-refractivity contribution in [1.29, 1.82) is 0 Å².